The summed E-state index contributed by atoms with van der Waals surface area (Å²) in [4.78, 5) is 1.35. The van der Waals surface area contributed by atoms with Crippen molar-refractivity contribution >= 4 is 23.0 Å². The second-order valence-electron chi connectivity index (χ2n) is 4.25. The van der Waals surface area contributed by atoms with E-state index in [9.17, 15) is 5.11 Å². The number of para-hydroxylation sites is 1. The van der Waals surface area contributed by atoms with Gasteiger partial charge in [-0.15, -0.1) is 0 Å². The zero-order valence-corrected chi connectivity index (χ0v) is 11.4. The molecule has 0 saturated carbocycles. The first-order valence-electron chi connectivity index (χ1n) is 5.81. The Morgan fingerprint density at radius 1 is 0.833 bits per heavy atom. The van der Waals surface area contributed by atoms with Crippen LogP contribution >= 0.6 is 0 Å². The van der Waals surface area contributed by atoms with Crippen LogP contribution in [0.2, 0.25) is 0 Å². The zero-order valence-electron chi connectivity index (χ0n) is 10.6. The predicted octanol–water partition coefficient (Wildman–Crippen LogP) is 3.80. The van der Waals surface area contributed by atoms with Crippen LogP contribution in [0.5, 0.6) is 5.75 Å². The molecule has 0 aliphatic heterocycles. The number of hydrogen-bond donors (Lipinski definition) is 1. The van der Waals surface area contributed by atoms with Gasteiger partial charge in [-0.2, -0.15) is 0 Å². The Bertz CT molecular complexity index is 559. The van der Waals surface area contributed by atoms with Crippen molar-refractivity contribution in [2.75, 3.05) is 12.5 Å². The molecule has 0 aliphatic carbocycles. The lowest BCUT2D eigenvalue weighted by atomic mass is 10.1. The highest BCUT2D eigenvalue weighted by molar-refractivity contribution is 7.95. The van der Waals surface area contributed by atoms with Gasteiger partial charge >= 0.3 is 0 Å². The number of rotatable bonds is 3. The lowest BCUT2D eigenvalue weighted by Gasteiger charge is -2.02. The summed E-state index contributed by atoms with van der Waals surface area (Å²) in [6.45, 7) is 0. The fraction of sp³-hybridized carbons (Fsp3) is 0.125. The van der Waals surface area contributed by atoms with E-state index in [1.54, 1.807) is 6.07 Å². The van der Waals surface area contributed by atoms with Crippen LogP contribution in [-0.4, -0.2) is 17.6 Å². The molecule has 0 saturated heterocycles. The van der Waals surface area contributed by atoms with Gasteiger partial charge < -0.3 is 5.11 Å². The molecule has 0 aromatic heterocycles. The van der Waals surface area contributed by atoms with Gasteiger partial charge in [-0.05, 0) is 24.3 Å². The van der Waals surface area contributed by atoms with Crippen molar-refractivity contribution in [2.45, 2.75) is 4.90 Å². The second kappa shape index (κ2) is 5.78. The molecule has 0 heterocycles. The van der Waals surface area contributed by atoms with Gasteiger partial charge in [0.15, 0.2) is 4.90 Å². The third-order valence-corrected chi connectivity index (χ3v) is 3.99. The Morgan fingerprint density at radius 2 is 1.39 bits per heavy atom. The SMILES string of the molecule is C[S+](C)c1ccccc1C=Cc1ccccc1O. The molecule has 0 atom stereocenters. The maximum atomic E-state index is 9.72. The van der Waals surface area contributed by atoms with E-state index in [1.165, 1.54) is 10.5 Å². The van der Waals surface area contributed by atoms with Gasteiger partial charge in [0.25, 0.3) is 0 Å². The molecule has 0 amide bonds. The average molecular weight is 257 g/mol. The van der Waals surface area contributed by atoms with E-state index >= 15 is 0 Å². The minimum atomic E-state index is 0.233. The molecule has 0 spiro atoms. The van der Waals surface area contributed by atoms with Crippen LogP contribution in [0.1, 0.15) is 11.1 Å². The molecule has 2 heteroatoms. The molecule has 0 unspecified atom stereocenters. The fourth-order valence-corrected chi connectivity index (χ4v) is 2.76. The number of phenolic OH excluding ortho intramolecular Hbond substituents is 1. The predicted molar refractivity (Wildman–Crippen MR) is 81.0 cm³/mol. The molecular formula is C16H17OS+. The van der Waals surface area contributed by atoms with E-state index in [1.807, 2.05) is 30.3 Å². The average Bonchev–Trinajstić information content (AvgIpc) is 2.38. The van der Waals surface area contributed by atoms with Crippen LogP contribution in [0.4, 0.5) is 0 Å². The van der Waals surface area contributed by atoms with Gasteiger partial charge in [-0.3, -0.25) is 0 Å². The molecule has 18 heavy (non-hydrogen) atoms. The third kappa shape index (κ3) is 2.96. The molecule has 2 aromatic carbocycles. The van der Waals surface area contributed by atoms with E-state index < -0.39 is 0 Å². The van der Waals surface area contributed by atoms with E-state index in [0.29, 0.717) is 5.75 Å². The van der Waals surface area contributed by atoms with Gasteiger partial charge in [0, 0.05) is 22.0 Å². The van der Waals surface area contributed by atoms with Crippen LogP contribution in [0.25, 0.3) is 12.2 Å². The van der Waals surface area contributed by atoms with Crippen LogP contribution < -0.4 is 0 Å². The van der Waals surface area contributed by atoms with Gasteiger partial charge in [-0.25, -0.2) is 0 Å². The molecule has 0 radical (unpaired) electrons. The number of phenols is 1. The van der Waals surface area contributed by atoms with Crippen LogP contribution in [0, 0.1) is 0 Å². The lowest BCUT2D eigenvalue weighted by molar-refractivity contribution is 0.474. The summed E-state index contributed by atoms with van der Waals surface area (Å²) in [5, 5.41) is 9.72. The number of hydrogen-bond acceptors (Lipinski definition) is 1. The molecule has 1 N–H and O–H groups in total. The Kier molecular flexibility index (Phi) is 4.11. The molecule has 2 aromatic rings. The van der Waals surface area contributed by atoms with Crippen molar-refractivity contribution in [3.63, 3.8) is 0 Å². The quantitative estimate of drug-likeness (QED) is 0.655. The second-order valence-corrected chi connectivity index (χ2v) is 6.32. The molecule has 92 valence electrons. The third-order valence-electron chi connectivity index (χ3n) is 2.74. The molecule has 0 fully saturated rings. The zero-order chi connectivity index (χ0) is 13.0. The van der Waals surface area contributed by atoms with Crippen molar-refractivity contribution < 1.29 is 5.11 Å². The summed E-state index contributed by atoms with van der Waals surface area (Å²) in [6, 6.07) is 15.8. The summed E-state index contributed by atoms with van der Waals surface area (Å²) in [6.07, 6.45) is 8.46. The minimum absolute atomic E-state index is 0.233. The summed E-state index contributed by atoms with van der Waals surface area (Å²) < 4.78 is 0. The number of benzene rings is 2. The summed E-state index contributed by atoms with van der Waals surface area (Å²) in [5.41, 5.74) is 2.06. The van der Waals surface area contributed by atoms with Crippen LogP contribution in [0.15, 0.2) is 53.4 Å². The van der Waals surface area contributed by atoms with Crippen LogP contribution in [0.3, 0.4) is 0 Å². The van der Waals surface area contributed by atoms with E-state index in [4.69, 9.17) is 0 Å². The Hall–Kier alpha value is -1.67. The first-order valence-corrected chi connectivity index (χ1v) is 7.85. The number of aromatic hydroxyl groups is 1. The maximum absolute atomic E-state index is 9.72. The standard InChI is InChI=1S/C16H16OS/c1-18(2)16-10-6-4-8-14(16)12-11-13-7-3-5-9-15(13)17/h3-12H,1-2H3/p+1. The molecule has 0 aliphatic rings. The maximum Gasteiger partial charge on any atom is 0.161 e. The summed E-state index contributed by atoms with van der Waals surface area (Å²) >= 11 is 0. The van der Waals surface area contributed by atoms with E-state index in [-0.39, 0.29) is 10.9 Å². The van der Waals surface area contributed by atoms with Crippen molar-refractivity contribution in [3.8, 4) is 5.75 Å². The lowest BCUT2D eigenvalue weighted by Crippen LogP contribution is -1.97. The minimum Gasteiger partial charge on any atom is -0.507 e. The molecule has 0 bridgehead atoms. The van der Waals surface area contributed by atoms with Gasteiger partial charge in [0.2, 0.25) is 0 Å². The Balaban J connectivity index is 2.32. The summed E-state index contributed by atoms with van der Waals surface area (Å²) in [5.74, 6) is 0.318. The van der Waals surface area contributed by atoms with E-state index in [0.717, 1.165) is 5.56 Å². The topological polar surface area (TPSA) is 20.2 Å². The first-order chi connectivity index (χ1) is 8.68. The van der Waals surface area contributed by atoms with Crippen molar-refractivity contribution in [1.29, 1.82) is 0 Å². The highest BCUT2D eigenvalue weighted by Crippen LogP contribution is 2.21. The normalized spacial score (nSPS) is 11.3. The Morgan fingerprint density at radius 3 is 2.06 bits per heavy atom. The van der Waals surface area contributed by atoms with Crippen molar-refractivity contribution in [2.24, 2.45) is 0 Å². The van der Waals surface area contributed by atoms with Gasteiger partial charge in [-0.1, -0.05) is 36.4 Å². The van der Waals surface area contributed by atoms with E-state index in [2.05, 4.69) is 36.8 Å². The highest BCUT2D eigenvalue weighted by Gasteiger charge is 2.11. The smallest absolute Gasteiger partial charge is 0.161 e. The Labute approximate surface area is 111 Å². The van der Waals surface area contributed by atoms with Gasteiger partial charge in [0.1, 0.15) is 18.3 Å². The largest absolute Gasteiger partial charge is 0.507 e. The molecule has 1 nitrogen and oxygen atoms in total. The summed E-state index contributed by atoms with van der Waals surface area (Å²) in [7, 11) is 0.233. The van der Waals surface area contributed by atoms with Crippen molar-refractivity contribution in [1.82, 2.24) is 0 Å². The molecule has 2 rings (SSSR count). The van der Waals surface area contributed by atoms with Crippen LogP contribution in [-0.2, 0) is 10.9 Å². The van der Waals surface area contributed by atoms with Gasteiger partial charge in [0.05, 0.1) is 0 Å². The first kappa shape index (κ1) is 12.8. The molecular weight excluding hydrogens is 240 g/mol. The monoisotopic (exact) mass is 257 g/mol. The highest BCUT2D eigenvalue weighted by atomic mass is 32.2. The van der Waals surface area contributed by atoms with Crippen molar-refractivity contribution in [3.05, 3.63) is 59.7 Å². The fourth-order valence-electron chi connectivity index (χ4n) is 1.80.